The molecule has 2 aromatic rings. The van der Waals surface area contributed by atoms with E-state index in [4.69, 9.17) is 4.74 Å². The second-order valence-electron chi connectivity index (χ2n) is 4.99. The molecule has 2 heterocycles. The third kappa shape index (κ3) is 5.92. The minimum absolute atomic E-state index is 0.682. The first-order valence-corrected chi connectivity index (χ1v) is 7.56. The number of pyridine rings is 2. The van der Waals surface area contributed by atoms with Crippen LogP contribution in [0.4, 0.5) is 0 Å². The number of ether oxygens (including phenoxy) is 1. The van der Waals surface area contributed by atoms with Crippen molar-refractivity contribution in [3.8, 4) is 5.88 Å². The standard InChI is InChI=1S/C17H23N3O/c1-2-8-19-14-16-7-11-20-17(13-16)21-12-3-4-15-5-9-18-10-6-15/h5-7,9-11,13,19H,2-4,8,12,14H2,1H3. The molecule has 0 saturated heterocycles. The lowest BCUT2D eigenvalue weighted by molar-refractivity contribution is 0.299. The fourth-order valence-electron chi connectivity index (χ4n) is 2.05. The maximum Gasteiger partial charge on any atom is 0.213 e. The molecule has 0 aromatic carbocycles. The fourth-order valence-corrected chi connectivity index (χ4v) is 2.05. The molecule has 4 nitrogen and oxygen atoms in total. The zero-order valence-electron chi connectivity index (χ0n) is 12.6. The SMILES string of the molecule is CCCNCc1ccnc(OCCCc2ccncc2)c1. The molecule has 21 heavy (non-hydrogen) atoms. The molecule has 0 spiro atoms. The number of aromatic nitrogens is 2. The molecule has 0 radical (unpaired) electrons. The Balaban J connectivity index is 1.71. The van der Waals surface area contributed by atoms with Crippen molar-refractivity contribution in [2.75, 3.05) is 13.2 Å². The van der Waals surface area contributed by atoms with Crippen molar-refractivity contribution in [1.82, 2.24) is 15.3 Å². The van der Waals surface area contributed by atoms with Crippen LogP contribution in [0.15, 0.2) is 42.9 Å². The molecule has 1 N–H and O–H groups in total. The highest BCUT2D eigenvalue weighted by Crippen LogP contribution is 2.10. The van der Waals surface area contributed by atoms with Crippen molar-refractivity contribution in [2.45, 2.75) is 32.7 Å². The van der Waals surface area contributed by atoms with Crippen LogP contribution in [0.3, 0.4) is 0 Å². The summed E-state index contributed by atoms with van der Waals surface area (Å²) in [7, 11) is 0. The summed E-state index contributed by atoms with van der Waals surface area (Å²) in [4.78, 5) is 8.27. The van der Waals surface area contributed by atoms with Crippen molar-refractivity contribution < 1.29 is 4.74 Å². The van der Waals surface area contributed by atoms with Gasteiger partial charge in [0.1, 0.15) is 0 Å². The van der Waals surface area contributed by atoms with Gasteiger partial charge in [0.15, 0.2) is 0 Å². The number of hydrogen-bond acceptors (Lipinski definition) is 4. The molecule has 0 aliphatic heterocycles. The molecule has 2 aromatic heterocycles. The molecule has 0 bridgehead atoms. The lowest BCUT2D eigenvalue weighted by Gasteiger charge is -2.08. The summed E-state index contributed by atoms with van der Waals surface area (Å²) < 4.78 is 5.72. The zero-order valence-corrected chi connectivity index (χ0v) is 12.6. The van der Waals surface area contributed by atoms with Crippen LogP contribution < -0.4 is 10.1 Å². The summed E-state index contributed by atoms with van der Waals surface area (Å²) in [5.41, 5.74) is 2.50. The Bertz CT molecular complexity index is 516. The van der Waals surface area contributed by atoms with Crippen LogP contribution in [-0.4, -0.2) is 23.1 Å². The summed E-state index contributed by atoms with van der Waals surface area (Å²) in [6.07, 6.45) is 8.57. The van der Waals surface area contributed by atoms with Crippen molar-refractivity contribution in [2.24, 2.45) is 0 Å². The van der Waals surface area contributed by atoms with E-state index in [0.29, 0.717) is 12.5 Å². The average molecular weight is 285 g/mol. The lowest BCUT2D eigenvalue weighted by Crippen LogP contribution is -2.13. The molecule has 2 rings (SSSR count). The van der Waals surface area contributed by atoms with Crippen LogP contribution >= 0.6 is 0 Å². The van der Waals surface area contributed by atoms with Gasteiger partial charge in [-0.25, -0.2) is 4.98 Å². The van der Waals surface area contributed by atoms with E-state index in [1.165, 1.54) is 11.1 Å². The summed E-state index contributed by atoms with van der Waals surface area (Å²) in [6.45, 7) is 4.74. The monoisotopic (exact) mass is 285 g/mol. The molecule has 0 saturated carbocycles. The van der Waals surface area contributed by atoms with E-state index in [1.807, 2.05) is 36.7 Å². The lowest BCUT2D eigenvalue weighted by atomic mass is 10.1. The highest BCUT2D eigenvalue weighted by molar-refractivity contribution is 5.20. The number of hydrogen-bond donors (Lipinski definition) is 1. The van der Waals surface area contributed by atoms with Crippen LogP contribution in [0.1, 0.15) is 30.9 Å². The van der Waals surface area contributed by atoms with Gasteiger partial charge in [-0.3, -0.25) is 4.98 Å². The van der Waals surface area contributed by atoms with Crippen LogP contribution in [0.2, 0.25) is 0 Å². The van der Waals surface area contributed by atoms with Gasteiger partial charge in [0.05, 0.1) is 6.61 Å². The van der Waals surface area contributed by atoms with E-state index in [9.17, 15) is 0 Å². The van der Waals surface area contributed by atoms with Crippen molar-refractivity contribution in [3.63, 3.8) is 0 Å². The van der Waals surface area contributed by atoms with Gasteiger partial charge in [0, 0.05) is 31.2 Å². The third-order valence-electron chi connectivity index (χ3n) is 3.16. The van der Waals surface area contributed by atoms with Gasteiger partial charge in [-0.05, 0) is 55.1 Å². The third-order valence-corrected chi connectivity index (χ3v) is 3.16. The average Bonchev–Trinajstić information content (AvgIpc) is 2.53. The highest BCUT2D eigenvalue weighted by Gasteiger charge is 1.99. The molecular formula is C17H23N3O. The molecule has 112 valence electrons. The van der Waals surface area contributed by atoms with Crippen LogP contribution in [0.25, 0.3) is 0 Å². The predicted octanol–water partition coefficient (Wildman–Crippen LogP) is 2.99. The Labute approximate surface area is 126 Å². The minimum Gasteiger partial charge on any atom is -0.478 e. The van der Waals surface area contributed by atoms with Gasteiger partial charge < -0.3 is 10.1 Å². The summed E-state index contributed by atoms with van der Waals surface area (Å²) in [5.74, 6) is 0.709. The Morgan fingerprint density at radius 2 is 1.90 bits per heavy atom. The Morgan fingerprint density at radius 3 is 2.71 bits per heavy atom. The Hall–Kier alpha value is -1.94. The van der Waals surface area contributed by atoms with Gasteiger partial charge in [0.25, 0.3) is 0 Å². The predicted molar refractivity (Wildman–Crippen MR) is 84.3 cm³/mol. The van der Waals surface area contributed by atoms with E-state index in [-0.39, 0.29) is 0 Å². The van der Waals surface area contributed by atoms with Crippen LogP contribution in [0.5, 0.6) is 5.88 Å². The topological polar surface area (TPSA) is 47.0 Å². The number of aryl methyl sites for hydroxylation is 1. The van der Waals surface area contributed by atoms with E-state index in [2.05, 4.69) is 22.2 Å². The van der Waals surface area contributed by atoms with E-state index in [0.717, 1.165) is 32.4 Å². The molecule has 0 aliphatic carbocycles. The summed E-state index contributed by atoms with van der Waals surface area (Å²) in [5, 5.41) is 3.38. The van der Waals surface area contributed by atoms with Gasteiger partial charge in [-0.2, -0.15) is 0 Å². The smallest absolute Gasteiger partial charge is 0.213 e. The van der Waals surface area contributed by atoms with Crippen LogP contribution in [0, 0.1) is 0 Å². The van der Waals surface area contributed by atoms with E-state index in [1.54, 1.807) is 6.20 Å². The van der Waals surface area contributed by atoms with E-state index >= 15 is 0 Å². The van der Waals surface area contributed by atoms with Crippen LogP contribution in [-0.2, 0) is 13.0 Å². The highest BCUT2D eigenvalue weighted by atomic mass is 16.5. The second-order valence-corrected chi connectivity index (χ2v) is 4.99. The molecule has 0 fully saturated rings. The van der Waals surface area contributed by atoms with Crippen molar-refractivity contribution in [1.29, 1.82) is 0 Å². The second kappa shape index (κ2) is 9.08. The summed E-state index contributed by atoms with van der Waals surface area (Å²) in [6, 6.07) is 8.11. The van der Waals surface area contributed by atoms with Gasteiger partial charge >= 0.3 is 0 Å². The van der Waals surface area contributed by atoms with Crippen molar-refractivity contribution in [3.05, 3.63) is 54.0 Å². The molecule has 0 aliphatic rings. The van der Waals surface area contributed by atoms with E-state index < -0.39 is 0 Å². The zero-order chi connectivity index (χ0) is 14.8. The first-order valence-electron chi connectivity index (χ1n) is 7.56. The Morgan fingerprint density at radius 1 is 1.10 bits per heavy atom. The number of nitrogens with one attached hydrogen (secondary N) is 1. The first-order chi connectivity index (χ1) is 10.4. The van der Waals surface area contributed by atoms with Gasteiger partial charge in [0.2, 0.25) is 5.88 Å². The van der Waals surface area contributed by atoms with Gasteiger partial charge in [-0.15, -0.1) is 0 Å². The van der Waals surface area contributed by atoms with Crippen molar-refractivity contribution >= 4 is 0 Å². The number of rotatable bonds is 9. The normalized spacial score (nSPS) is 10.5. The maximum absolute atomic E-state index is 5.72. The molecule has 4 heteroatoms. The fraction of sp³-hybridized carbons (Fsp3) is 0.412. The quantitative estimate of drug-likeness (QED) is 0.720. The summed E-state index contributed by atoms with van der Waals surface area (Å²) >= 11 is 0. The molecule has 0 unspecified atom stereocenters. The minimum atomic E-state index is 0.682. The Kier molecular flexibility index (Phi) is 6.68. The molecular weight excluding hydrogens is 262 g/mol. The largest absolute Gasteiger partial charge is 0.478 e. The van der Waals surface area contributed by atoms with Gasteiger partial charge in [-0.1, -0.05) is 6.92 Å². The number of nitrogens with zero attached hydrogens (tertiary/aromatic N) is 2. The maximum atomic E-state index is 5.72. The molecule has 0 atom stereocenters. The first kappa shape index (κ1) is 15.4. The molecule has 0 amide bonds.